The molecule has 0 aromatic heterocycles. The highest BCUT2D eigenvalue weighted by molar-refractivity contribution is 9.10. The number of hydrogen-bond acceptors (Lipinski definition) is 3. The summed E-state index contributed by atoms with van der Waals surface area (Å²) in [7, 11) is 1.39. The number of ether oxygens (including phenoxy) is 1. The van der Waals surface area contributed by atoms with Gasteiger partial charge in [0.05, 0.1) is 7.11 Å². The van der Waals surface area contributed by atoms with Gasteiger partial charge < -0.3 is 4.74 Å². The van der Waals surface area contributed by atoms with Crippen molar-refractivity contribution in [1.29, 1.82) is 0 Å². The van der Waals surface area contributed by atoms with E-state index in [4.69, 9.17) is 4.74 Å². The SMILES string of the molecule is COC(=O)[C@]1(Br)C[C@H]1C1=C(c2ccccc2)C(=O)c2ccccc21. The van der Waals surface area contributed by atoms with E-state index in [9.17, 15) is 9.59 Å². The summed E-state index contributed by atoms with van der Waals surface area (Å²) in [6.07, 6.45) is 0.632. The number of allylic oxidation sites excluding steroid dienone is 2. The number of methoxy groups -OCH3 is 1. The highest BCUT2D eigenvalue weighted by Crippen LogP contribution is 2.61. The summed E-state index contributed by atoms with van der Waals surface area (Å²) in [5.41, 5.74) is 4.17. The van der Waals surface area contributed by atoms with Crippen molar-refractivity contribution in [3.8, 4) is 0 Å². The first-order valence-corrected chi connectivity index (χ1v) is 8.58. The molecule has 0 heterocycles. The second-order valence-electron chi connectivity index (χ2n) is 6.14. The van der Waals surface area contributed by atoms with Crippen molar-refractivity contribution in [1.82, 2.24) is 0 Å². The highest BCUT2D eigenvalue weighted by Gasteiger charge is 2.62. The number of hydrogen-bond donors (Lipinski definition) is 0. The normalized spacial score (nSPS) is 24.8. The van der Waals surface area contributed by atoms with Crippen LogP contribution in [0.15, 0.2) is 54.6 Å². The lowest BCUT2D eigenvalue weighted by atomic mass is 9.95. The van der Waals surface area contributed by atoms with Crippen LogP contribution < -0.4 is 0 Å². The van der Waals surface area contributed by atoms with Gasteiger partial charge in [-0.1, -0.05) is 70.5 Å². The highest BCUT2D eigenvalue weighted by atomic mass is 79.9. The van der Waals surface area contributed by atoms with Gasteiger partial charge >= 0.3 is 5.97 Å². The van der Waals surface area contributed by atoms with Crippen molar-refractivity contribution in [2.75, 3.05) is 7.11 Å². The van der Waals surface area contributed by atoms with Gasteiger partial charge in [0, 0.05) is 17.1 Å². The number of benzene rings is 2. The number of alkyl halides is 1. The van der Waals surface area contributed by atoms with Crippen molar-refractivity contribution in [2.24, 2.45) is 5.92 Å². The van der Waals surface area contributed by atoms with Gasteiger partial charge in [0.2, 0.25) is 0 Å². The van der Waals surface area contributed by atoms with Gasteiger partial charge in [0.1, 0.15) is 4.32 Å². The van der Waals surface area contributed by atoms with Gasteiger partial charge in [-0.15, -0.1) is 0 Å². The van der Waals surface area contributed by atoms with Crippen LogP contribution in [-0.2, 0) is 9.53 Å². The molecule has 2 aliphatic carbocycles. The first-order valence-electron chi connectivity index (χ1n) is 7.79. The average molecular weight is 383 g/mol. The van der Waals surface area contributed by atoms with Crippen molar-refractivity contribution in [3.63, 3.8) is 0 Å². The maximum absolute atomic E-state index is 13.0. The van der Waals surface area contributed by atoms with Crippen LogP contribution in [0.5, 0.6) is 0 Å². The molecule has 0 N–H and O–H groups in total. The Kier molecular flexibility index (Phi) is 3.46. The minimum Gasteiger partial charge on any atom is -0.468 e. The maximum atomic E-state index is 13.0. The fourth-order valence-corrected chi connectivity index (χ4v) is 4.24. The van der Waals surface area contributed by atoms with E-state index in [-0.39, 0.29) is 17.7 Å². The molecule has 4 rings (SSSR count). The lowest BCUT2D eigenvalue weighted by Crippen LogP contribution is -2.20. The molecule has 0 aliphatic heterocycles. The third-order valence-electron chi connectivity index (χ3n) is 4.79. The lowest BCUT2D eigenvalue weighted by Gasteiger charge is -2.11. The topological polar surface area (TPSA) is 43.4 Å². The summed E-state index contributed by atoms with van der Waals surface area (Å²) in [4.78, 5) is 25.1. The molecule has 1 fully saturated rings. The monoisotopic (exact) mass is 382 g/mol. The molecule has 3 nitrogen and oxygen atoms in total. The van der Waals surface area contributed by atoms with Gasteiger partial charge in [-0.3, -0.25) is 9.59 Å². The number of fused-ring (bicyclic) bond motifs is 1. The van der Waals surface area contributed by atoms with Crippen LogP contribution in [-0.4, -0.2) is 23.2 Å². The summed E-state index contributed by atoms with van der Waals surface area (Å²) in [6.45, 7) is 0. The van der Waals surface area contributed by atoms with E-state index in [1.165, 1.54) is 7.11 Å². The van der Waals surface area contributed by atoms with E-state index in [0.29, 0.717) is 17.6 Å². The fraction of sp³-hybridized carbons (Fsp3) is 0.200. The Labute approximate surface area is 148 Å². The molecule has 2 atom stereocenters. The van der Waals surface area contributed by atoms with Crippen LogP contribution in [0.3, 0.4) is 0 Å². The minimum absolute atomic E-state index is 0.0263. The number of carbonyl (C=O) groups excluding carboxylic acids is 2. The Bertz CT molecular complexity index is 885. The number of halogens is 1. The van der Waals surface area contributed by atoms with E-state index in [0.717, 1.165) is 16.7 Å². The van der Waals surface area contributed by atoms with Crippen LogP contribution in [0.1, 0.15) is 27.9 Å². The van der Waals surface area contributed by atoms with Crippen molar-refractivity contribution >= 4 is 38.8 Å². The first kappa shape index (κ1) is 15.3. The van der Waals surface area contributed by atoms with E-state index in [1.54, 1.807) is 0 Å². The fourth-order valence-electron chi connectivity index (χ4n) is 3.53. The zero-order valence-corrected chi connectivity index (χ0v) is 14.7. The van der Waals surface area contributed by atoms with E-state index in [1.807, 2.05) is 54.6 Å². The molecule has 0 bridgehead atoms. The number of esters is 1. The Morgan fingerprint density at radius 2 is 1.71 bits per heavy atom. The minimum atomic E-state index is -0.727. The Hall–Kier alpha value is -2.20. The molecule has 1 saturated carbocycles. The zero-order chi connectivity index (χ0) is 16.9. The molecule has 0 spiro atoms. The largest absolute Gasteiger partial charge is 0.468 e. The molecular formula is C20H15BrO3. The van der Waals surface area contributed by atoms with Gasteiger partial charge in [-0.2, -0.15) is 0 Å². The summed E-state index contributed by atoms with van der Waals surface area (Å²) >= 11 is 3.54. The molecule has 4 heteroatoms. The van der Waals surface area contributed by atoms with Crippen molar-refractivity contribution < 1.29 is 14.3 Å². The predicted octanol–water partition coefficient (Wildman–Crippen LogP) is 4.12. The number of rotatable bonds is 3. The summed E-state index contributed by atoms with van der Waals surface area (Å²) in [5, 5.41) is 0. The van der Waals surface area contributed by atoms with E-state index in [2.05, 4.69) is 15.9 Å². The smallest absolute Gasteiger partial charge is 0.323 e. The second-order valence-corrected chi connectivity index (χ2v) is 7.56. The van der Waals surface area contributed by atoms with Gasteiger partial charge in [-0.25, -0.2) is 0 Å². The maximum Gasteiger partial charge on any atom is 0.323 e. The Morgan fingerprint density at radius 3 is 2.38 bits per heavy atom. The average Bonchev–Trinajstić information content (AvgIpc) is 3.22. The molecule has 24 heavy (non-hydrogen) atoms. The summed E-state index contributed by atoms with van der Waals surface area (Å²) in [5.74, 6) is -0.324. The molecule has 2 aliphatic rings. The van der Waals surface area contributed by atoms with Gasteiger partial charge in [0.25, 0.3) is 0 Å². The van der Waals surface area contributed by atoms with Crippen molar-refractivity contribution in [3.05, 3.63) is 71.3 Å². The molecule has 0 unspecified atom stereocenters. The second kappa shape index (κ2) is 5.42. The standard InChI is InChI=1S/C20H15BrO3/c1-24-19(23)20(21)11-15(20)17-13-9-5-6-10-14(13)18(22)16(17)12-7-3-2-4-8-12/h2-10,15H,11H2,1H3/t15-,20-/m0/s1. The number of carbonyl (C=O) groups is 2. The first-order chi connectivity index (χ1) is 11.6. The molecular weight excluding hydrogens is 368 g/mol. The third kappa shape index (κ3) is 2.09. The molecule has 2 aromatic carbocycles. The molecule has 0 radical (unpaired) electrons. The zero-order valence-electron chi connectivity index (χ0n) is 13.1. The Morgan fingerprint density at radius 1 is 1.08 bits per heavy atom. The number of ketones is 1. The Balaban J connectivity index is 1.90. The quantitative estimate of drug-likeness (QED) is 0.592. The number of Topliss-reactive ketones (excluding diaryl/α,β-unsaturated/α-hetero) is 1. The van der Waals surface area contributed by atoms with Crippen LogP contribution >= 0.6 is 15.9 Å². The molecule has 0 saturated heterocycles. The van der Waals surface area contributed by atoms with Crippen LogP contribution in [0.25, 0.3) is 11.1 Å². The third-order valence-corrected chi connectivity index (χ3v) is 5.99. The predicted molar refractivity (Wildman–Crippen MR) is 95.8 cm³/mol. The van der Waals surface area contributed by atoms with Crippen LogP contribution in [0.2, 0.25) is 0 Å². The van der Waals surface area contributed by atoms with E-state index < -0.39 is 4.32 Å². The molecule has 2 aromatic rings. The summed E-state index contributed by atoms with van der Waals surface area (Å²) in [6, 6.07) is 17.3. The van der Waals surface area contributed by atoms with Crippen molar-refractivity contribution in [2.45, 2.75) is 10.7 Å². The molecule has 120 valence electrons. The van der Waals surface area contributed by atoms with Crippen LogP contribution in [0.4, 0.5) is 0 Å². The van der Waals surface area contributed by atoms with Gasteiger partial charge in [-0.05, 0) is 23.1 Å². The van der Waals surface area contributed by atoms with Gasteiger partial charge in [0.15, 0.2) is 5.78 Å². The van der Waals surface area contributed by atoms with Crippen LogP contribution in [0, 0.1) is 5.92 Å². The molecule has 0 amide bonds. The van der Waals surface area contributed by atoms with E-state index >= 15 is 0 Å². The summed E-state index contributed by atoms with van der Waals surface area (Å²) < 4.78 is 4.20. The lowest BCUT2D eigenvalue weighted by molar-refractivity contribution is -0.140.